The Hall–Kier alpha value is -1.51. The summed E-state index contributed by atoms with van der Waals surface area (Å²) in [6, 6.07) is 5.51. The van der Waals surface area contributed by atoms with Crippen LogP contribution in [0.4, 0.5) is 5.69 Å². The van der Waals surface area contributed by atoms with Gasteiger partial charge in [-0.2, -0.15) is 0 Å². The van der Waals surface area contributed by atoms with Gasteiger partial charge in [0, 0.05) is 12.1 Å². The number of rotatable bonds is 1. The van der Waals surface area contributed by atoms with Crippen molar-refractivity contribution in [3.8, 4) is 5.75 Å². The van der Waals surface area contributed by atoms with Crippen LogP contribution in [0.3, 0.4) is 0 Å². The molecule has 68 valence electrons. The first-order valence-corrected chi connectivity index (χ1v) is 4.29. The number of para-hydroxylation sites is 1. The molecule has 0 bridgehead atoms. The van der Waals surface area contributed by atoms with Crippen molar-refractivity contribution in [1.82, 2.24) is 0 Å². The lowest BCUT2D eigenvalue weighted by atomic mass is 10.1. The molecule has 1 aromatic rings. The largest absolute Gasteiger partial charge is 0.490 e. The third-order valence-corrected chi connectivity index (χ3v) is 2.07. The maximum atomic E-state index is 11.2. The monoisotopic (exact) mass is 177 g/mol. The molecule has 3 heteroatoms. The van der Waals surface area contributed by atoms with Gasteiger partial charge in [-0.1, -0.05) is 6.07 Å². The van der Waals surface area contributed by atoms with Crippen molar-refractivity contribution in [2.45, 2.75) is 6.92 Å². The van der Waals surface area contributed by atoms with Crippen LogP contribution in [0.1, 0.15) is 17.3 Å². The van der Waals surface area contributed by atoms with E-state index in [0.717, 1.165) is 18.0 Å². The molecule has 0 fully saturated rings. The number of fused-ring (bicyclic) bond motifs is 1. The van der Waals surface area contributed by atoms with Gasteiger partial charge in [0.05, 0.1) is 5.69 Å². The number of carbonyl (C=O) groups is 1. The zero-order valence-corrected chi connectivity index (χ0v) is 7.46. The summed E-state index contributed by atoms with van der Waals surface area (Å²) >= 11 is 0. The Bertz CT molecular complexity index is 347. The summed E-state index contributed by atoms with van der Waals surface area (Å²) in [6.07, 6.45) is 0. The molecule has 0 saturated heterocycles. The van der Waals surface area contributed by atoms with Crippen LogP contribution >= 0.6 is 0 Å². The molecule has 1 N–H and O–H groups in total. The number of carbonyl (C=O) groups excluding carboxylic acids is 1. The molecule has 0 unspecified atom stereocenters. The standard InChI is InChI=1S/C10H11NO2/c1-7(12)8-3-2-4-9-10(8)11-5-6-13-9/h2-4,11H,5-6H2,1H3. The van der Waals surface area contributed by atoms with Gasteiger partial charge in [-0.3, -0.25) is 4.79 Å². The molecule has 0 spiro atoms. The van der Waals surface area contributed by atoms with E-state index in [9.17, 15) is 4.79 Å². The highest BCUT2D eigenvalue weighted by atomic mass is 16.5. The molecule has 1 aliphatic heterocycles. The summed E-state index contributed by atoms with van der Waals surface area (Å²) < 4.78 is 5.40. The van der Waals surface area contributed by atoms with Crippen LogP contribution in [0.15, 0.2) is 18.2 Å². The molecular formula is C10H11NO2. The van der Waals surface area contributed by atoms with Crippen LogP contribution < -0.4 is 10.1 Å². The second-order valence-corrected chi connectivity index (χ2v) is 3.01. The molecule has 1 aromatic carbocycles. The summed E-state index contributed by atoms with van der Waals surface area (Å²) in [7, 11) is 0. The van der Waals surface area contributed by atoms with Crippen molar-refractivity contribution in [3.05, 3.63) is 23.8 Å². The maximum Gasteiger partial charge on any atom is 0.162 e. The smallest absolute Gasteiger partial charge is 0.162 e. The van der Waals surface area contributed by atoms with Crippen LogP contribution in [-0.2, 0) is 0 Å². The van der Waals surface area contributed by atoms with Gasteiger partial charge in [-0.25, -0.2) is 0 Å². The SMILES string of the molecule is CC(=O)c1cccc2c1NCCO2. The summed E-state index contributed by atoms with van der Waals surface area (Å²) in [4.78, 5) is 11.2. The van der Waals surface area contributed by atoms with Crippen LogP contribution in [0.5, 0.6) is 5.75 Å². The van der Waals surface area contributed by atoms with E-state index < -0.39 is 0 Å². The number of ketones is 1. The first kappa shape index (κ1) is 8.10. The second-order valence-electron chi connectivity index (χ2n) is 3.01. The van der Waals surface area contributed by atoms with E-state index in [1.807, 2.05) is 18.2 Å². The Kier molecular flexibility index (Phi) is 1.93. The lowest BCUT2D eigenvalue weighted by molar-refractivity contribution is 0.101. The molecule has 0 saturated carbocycles. The van der Waals surface area contributed by atoms with Crippen molar-refractivity contribution in [1.29, 1.82) is 0 Å². The number of nitrogens with one attached hydrogen (secondary N) is 1. The number of Topliss-reactive ketones (excluding diaryl/α,β-unsaturated/α-hetero) is 1. The van der Waals surface area contributed by atoms with Crippen molar-refractivity contribution >= 4 is 11.5 Å². The highest BCUT2D eigenvalue weighted by Gasteiger charge is 2.15. The van der Waals surface area contributed by atoms with Crippen molar-refractivity contribution in [3.63, 3.8) is 0 Å². The fourth-order valence-corrected chi connectivity index (χ4v) is 1.46. The predicted octanol–water partition coefficient (Wildman–Crippen LogP) is 1.69. The van der Waals surface area contributed by atoms with E-state index in [1.54, 1.807) is 6.92 Å². The molecule has 2 rings (SSSR count). The molecule has 0 amide bonds. The third kappa shape index (κ3) is 1.37. The molecule has 0 radical (unpaired) electrons. The van der Waals surface area contributed by atoms with E-state index in [2.05, 4.69) is 5.32 Å². The maximum absolute atomic E-state index is 11.2. The fourth-order valence-electron chi connectivity index (χ4n) is 1.46. The molecule has 1 heterocycles. The fraction of sp³-hybridized carbons (Fsp3) is 0.300. The topological polar surface area (TPSA) is 38.3 Å². The minimum absolute atomic E-state index is 0.0647. The van der Waals surface area contributed by atoms with Crippen LogP contribution in [0, 0.1) is 0 Å². The summed E-state index contributed by atoms with van der Waals surface area (Å²) in [5, 5.41) is 3.17. The summed E-state index contributed by atoms with van der Waals surface area (Å²) in [5.41, 5.74) is 1.54. The highest BCUT2D eigenvalue weighted by Crippen LogP contribution is 2.30. The van der Waals surface area contributed by atoms with Gasteiger partial charge in [-0.15, -0.1) is 0 Å². The van der Waals surface area contributed by atoms with Crippen LogP contribution in [0.2, 0.25) is 0 Å². The summed E-state index contributed by atoms with van der Waals surface area (Å²) in [6.45, 7) is 2.98. The number of ether oxygens (including phenoxy) is 1. The van der Waals surface area contributed by atoms with Crippen LogP contribution in [0.25, 0.3) is 0 Å². The van der Waals surface area contributed by atoms with Crippen molar-refractivity contribution < 1.29 is 9.53 Å². The van der Waals surface area contributed by atoms with Gasteiger partial charge in [-0.05, 0) is 19.1 Å². The minimum Gasteiger partial charge on any atom is -0.490 e. The van der Waals surface area contributed by atoms with Crippen LogP contribution in [-0.4, -0.2) is 18.9 Å². The van der Waals surface area contributed by atoms with E-state index in [-0.39, 0.29) is 5.78 Å². The Labute approximate surface area is 76.7 Å². The number of benzene rings is 1. The van der Waals surface area contributed by atoms with Gasteiger partial charge in [0.15, 0.2) is 5.78 Å². The van der Waals surface area contributed by atoms with Gasteiger partial charge in [0.2, 0.25) is 0 Å². The van der Waals surface area contributed by atoms with Gasteiger partial charge >= 0.3 is 0 Å². The number of anilines is 1. The Morgan fingerprint density at radius 1 is 1.54 bits per heavy atom. The molecule has 0 aliphatic carbocycles. The third-order valence-electron chi connectivity index (χ3n) is 2.07. The predicted molar refractivity (Wildman–Crippen MR) is 50.4 cm³/mol. The minimum atomic E-state index is 0.0647. The molecule has 1 aliphatic rings. The summed E-state index contributed by atoms with van der Waals surface area (Å²) in [5.74, 6) is 0.841. The van der Waals surface area contributed by atoms with E-state index in [1.165, 1.54) is 0 Å². The van der Waals surface area contributed by atoms with Gasteiger partial charge in [0.1, 0.15) is 12.4 Å². The zero-order valence-electron chi connectivity index (χ0n) is 7.46. The first-order valence-electron chi connectivity index (χ1n) is 4.29. The molecule has 13 heavy (non-hydrogen) atoms. The van der Waals surface area contributed by atoms with Crippen molar-refractivity contribution in [2.75, 3.05) is 18.5 Å². The Morgan fingerprint density at radius 2 is 2.38 bits per heavy atom. The normalized spacial score (nSPS) is 13.9. The lowest BCUT2D eigenvalue weighted by Crippen LogP contribution is -2.19. The van der Waals surface area contributed by atoms with Crippen molar-refractivity contribution in [2.24, 2.45) is 0 Å². The Morgan fingerprint density at radius 3 is 3.15 bits per heavy atom. The average Bonchev–Trinajstić information content (AvgIpc) is 2.17. The molecular weight excluding hydrogens is 166 g/mol. The molecule has 0 atom stereocenters. The van der Waals surface area contributed by atoms with E-state index >= 15 is 0 Å². The molecule has 0 aromatic heterocycles. The van der Waals surface area contributed by atoms with Gasteiger partial charge < -0.3 is 10.1 Å². The second kappa shape index (κ2) is 3.09. The lowest BCUT2D eigenvalue weighted by Gasteiger charge is -2.20. The average molecular weight is 177 g/mol. The number of hydrogen-bond donors (Lipinski definition) is 1. The van der Waals surface area contributed by atoms with E-state index in [4.69, 9.17) is 4.74 Å². The first-order chi connectivity index (χ1) is 6.29. The Balaban J connectivity index is 2.52. The quantitative estimate of drug-likeness (QED) is 0.663. The van der Waals surface area contributed by atoms with Gasteiger partial charge in [0.25, 0.3) is 0 Å². The zero-order chi connectivity index (χ0) is 9.26. The molecule has 3 nitrogen and oxygen atoms in total. The number of hydrogen-bond acceptors (Lipinski definition) is 3. The highest BCUT2D eigenvalue weighted by molar-refractivity contribution is 6.01. The van der Waals surface area contributed by atoms with E-state index in [0.29, 0.717) is 12.2 Å².